The molecule has 1 unspecified atom stereocenters. The van der Waals surface area contributed by atoms with Gasteiger partial charge in [0.25, 0.3) is 0 Å². The number of hydrogen-bond acceptors (Lipinski definition) is 2. The maximum Gasteiger partial charge on any atom is 0.0419 e. The first-order chi connectivity index (χ1) is 26.8. The van der Waals surface area contributed by atoms with E-state index in [-0.39, 0.29) is 0 Å². The van der Waals surface area contributed by atoms with Gasteiger partial charge in [-0.3, -0.25) is 0 Å². The van der Waals surface area contributed by atoms with E-state index in [2.05, 4.69) is 157 Å². The number of hydrogen-bond donors (Lipinski definition) is 0. The molecule has 1 aliphatic carbocycles. The minimum Gasteiger partial charge on any atom is -0.372 e. The van der Waals surface area contributed by atoms with Crippen molar-refractivity contribution < 1.29 is 0 Å². The summed E-state index contributed by atoms with van der Waals surface area (Å²) >= 11 is 0. The first kappa shape index (κ1) is 37.7. The summed E-state index contributed by atoms with van der Waals surface area (Å²) in [6.45, 7) is 7.00. The molecule has 0 aliphatic heterocycles. The number of unbranched alkanes of at least 4 members (excludes halogenated alkanes) is 5. The van der Waals surface area contributed by atoms with E-state index in [1.165, 1.54) is 133 Å². The van der Waals surface area contributed by atoms with Crippen LogP contribution >= 0.6 is 0 Å². The molecule has 0 spiro atoms. The van der Waals surface area contributed by atoms with Gasteiger partial charge in [-0.1, -0.05) is 162 Å². The second-order valence-electron chi connectivity index (χ2n) is 15.8. The Morgan fingerprint density at radius 2 is 1.07 bits per heavy atom. The summed E-state index contributed by atoms with van der Waals surface area (Å²) in [4.78, 5) is 5.29. The summed E-state index contributed by atoms with van der Waals surface area (Å²) in [5, 5.41) is 5.61. The van der Waals surface area contributed by atoms with Gasteiger partial charge >= 0.3 is 0 Å². The molecule has 0 bridgehead atoms. The van der Waals surface area contributed by atoms with Crippen LogP contribution in [-0.4, -0.2) is 19.1 Å². The van der Waals surface area contributed by atoms with Crippen molar-refractivity contribution in [2.75, 3.05) is 22.9 Å². The van der Waals surface area contributed by atoms with Crippen molar-refractivity contribution in [2.24, 2.45) is 0 Å². The molecule has 0 saturated heterocycles. The highest BCUT2D eigenvalue weighted by atomic mass is 15.2. The molecule has 0 N–H and O–H groups in total. The van der Waals surface area contributed by atoms with Crippen molar-refractivity contribution in [1.29, 1.82) is 0 Å². The summed E-state index contributed by atoms with van der Waals surface area (Å²) in [6.07, 6.45) is 17.9. The maximum absolute atomic E-state index is 2.65. The van der Waals surface area contributed by atoms with E-state index in [4.69, 9.17) is 0 Å². The summed E-state index contributed by atoms with van der Waals surface area (Å²) in [5.41, 5.74) is 8.22. The van der Waals surface area contributed by atoms with E-state index < -0.39 is 0 Å². The molecule has 2 nitrogen and oxygen atoms in total. The molecule has 6 aromatic carbocycles. The minimum absolute atomic E-state index is 0.513. The van der Waals surface area contributed by atoms with Gasteiger partial charge in [-0.25, -0.2) is 0 Å². The molecule has 0 amide bonds. The van der Waals surface area contributed by atoms with Crippen molar-refractivity contribution in [3.8, 4) is 11.1 Å². The molecule has 0 radical (unpaired) electrons. The third kappa shape index (κ3) is 8.86. The third-order valence-electron chi connectivity index (χ3n) is 12.1. The summed E-state index contributed by atoms with van der Waals surface area (Å²) < 4.78 is 0. The topological polar surface area (TPSA) is 6.48 Å². The third-order valence-corrected chi connectivity index (χ3v) is 12.1. The van der Waals surface area contributed by atoms with Crippen molar-refractivity contribution in [3.05, 3.63) is 139 Å². The zero-order valence-corrected chi connectivity index (χ0v) is 33.1. The quantitative estimate of drug-likeness (QED) is 0.0646. The Hall–Kier alpha value is -4.56. The molecular weight excluding hydrogens is 653 g/mol. The summed E-state index contributed by atoms with van der Waals surface area (Å²) in [5.74, 6) is 0.513. The molecule has 1 aliphatic rings. The summed E-state index contributed by atoms with van der Waals surface area (Å²) in [7, 11) is 0. The van der Waals surface area contributed by atoms with Gasteiger partial charge in [0.05, 0.1) is 0 Å². The van der Waals surface area contributed by atoms with Crippen LogP contribution in [-0.2, 0) is 0 Å². The van der Waals surface area contributed by atoms with Crippen LogP contribution < -0.4 is 9.80 Å². The molecule has 1 fully saturated rings. The highest BCUT2D eigenvalue weighted by Crippen LogP contribution is 2.45. The Kier molecular flexibility index (Phi) is 13.4. The average molecular weight is 715 g/mol. The van der Waals surface area contributed by atoms with Crippen LogP contribution in [0.25, 0.3) is 32.7 Å². The number of benzene rings is 6. The van der Waals surface area contributed by atoms with Crippen molar-refractivity contribution in [1.82, 2.24) is 0 Å². The summed E-state index contributed by atoms with van der Waals surface area (Å²) in [6, 6.07) is 50.8. The van der Waals surface area contributed by atoms with Gasteiger partial charge in [0.15, 0.2) is 0 Å². The molecule has 7 rings (SSSR count). The number of para-hydroxylation sites is 2. The fourth-order valence-electron chi connectivity index (χ4n) is 9.38. The van der Waals surface area contributed by atoms with Crippen LogP contribution in [0, 0.1) is 0 Å². The SMILES string of the molecule is CCCCCCCN(CCCCC(CC)c1c2ccccc2c(-c2cccc(N(c3ccccc3)C3CCCCC3)c2)c2ccccc12)c1ccccc1. The lowest BCUT2D eigenvalue weighted by Gasteiger charge is -2.36. The molecule has 0 aromatic heterocycles. The molecule has 280 valence electrons. The molecule has 6 aromatic rings. The Morgan fingerprint density at radius 3 is 1.70 bits per heavy atom. The van der Waals surface area contributed by atoms with Crippen molar-refractivity contribution in [2.45, 2.75) is 116 Å². The molecule has 54 heavy (non-hydrogen) atoms. The molecule has 0 heterocycles. The lowest BCUT2D eigenvalue weighted by molar-refractivity contribution is 0.436. The van der Waals surface area contributed by atoms with Gasteiger partial charge in [-0.05, 0) is 119 Å². The number of fused-ring (bicyclic) bond motifs is 2. The fraction of sp³-hybridized carbons (Fsp3) is 0.385. The van der Waals surface area contributed by atoms with Crippen LogP contribution in [0.3, 0.4) is 0 Å². The van der Waals surface area contributed by atoms with E-state index in [1.807, 2.05) is 0 Å². The predicted octanol–water partition coefficient (Wildman–Crippen LogP) is 15.3. The van der Waals surface area contributed by atoms with Gasteiger partial charge in [0.1, 0.15) is 0 Å². The van der Waals surface area contributed by atoms with Crippen LogP contribution in [0.1, 0.15) is 115 Å². The van der Waals surface area contributed by atoms with Crippen LogP contribution in [0.5, 0.6) is 0 Å². The average Bonchev–Trinajstić information content (AvgIpc) is 3.23. The molecule has 2 heteroatoms. The highest BCUT2D eigenvalue weighted by Gasteiger charge is 2.25. The van der Waals surface area contributed by atoms with Crippen molar-refractivity contribution >= 4 is 38.6 Å². The van der Waals surface area contributed by atoms with Gasteiger partial charge < -0.3 is 9.80 Å². The predicted molar refractivity (Wildman–Crippen MR) is 237 cm³/mol. The van der Waals surface area contributed by atoms with Crippen LogP contribution in [0.15, 0.2) is 133 Å². The number of anilines is 3. The van der Waals surface area contributed by atoms with Crippen LogP contribution in [0.4, 0.5) is 17.1 Å². The lowest BCUT2D eigenvalue weighted by atomic mass is 9.81. The van der Waals surface area contributed by atoms with E-state index >= 15 is 0 Å². The Bertz CT molecular complexity index is 1970. The second kappa shape index (κ2) is 19.2. The first-order valence-electron chi connectivity index (χ1n) is 21.4. The van der Waals surface area contributed by atoms with Crippen molar-refractivity contribution in [3.63, 3.8) is 0 Å². The van der Waals surface area contributed by atoms with Gasteiger partial charge in [-0.2, -0.15) is 0 Å². The van der Waals surface area contributed by atoms with Crippen LogP contribution in [0.2, 0.25) is 0 Å². The Balaban J connectivity index is 1.18. The van der Waals surface area contributed by atoms with E-state index in [0.717, 1.165) is 19.5 Å². The van der Waals surface area contributed by atoms with Gasteiger partial charge in [-0.15, -0.1) is 0 Å². The molecular formula is C52H62N2. The normalized spacial score (nSPS) is 14.0. The second-order valence-corrected chi connectivity index (χ2v) is 15.8. The highest BCUT2D eigenvalue weighted by molar-refractivity contribution is 6.15. The smallest absolute Gasteiger partial charge is 0.0419 e. The number of nitrogens with zero attached hydrogens (tertiary/aromatic N) is 2. The van der Waals surface area contributed by atoms with Gasteiger partial charge in [0, 0.05) is 36.2 Å². The standard InChI is InChI=1S/C52H62N2/c1-3-5-6-7-22-38-53(43-27-11-8-12-28-43)39-23-21-25-41(4-2)51-47-34-17-19-36-49(47)52(50-37-20-18-35-48(50)51)42-26-24-33-46(40-42)54(44-29-13-9-14-30-44)45-31-15-10-16-32-45/h8-9,11-14,17-20,24,26-30,33-37,40-41,45H,3-7,10,15-16,21-23,25,31-32,38-39H2,1-2H3. The molecule has 1 atom stereocenters. The van der Waals surface area contributed by atoms with Gasteiger partial charge in [0.2, 0.25) is 0 Å². The zero-order chi connectivity index (χ0) is 37.0. The largest absolute Gasteiger partial charge is 0.372 e. The zero-order valence-electron chi connectivity index (χ0n) is 33.1. The monoisotopic (exact) mass is 714 g/mol. The fourth-order valence-corrected chi connectivity index (χ4v) is 9.38. The maximum atomic E-state index is 2.65. The Labute approximate surface area is 326 Å². The van der Waals surface area contributed by atoms with E-state index in [1.54, 1.807) is 5.56 Å². The first-order valence-corrected chi connectivity index (χ1v) is 21.4. The minimum atomic E-state index is 0.513. The van der Waals surface area contributed by atoms with E-state index in [9.17, 15) is 0 Å². The number of rotatable bonds is 18. The lowest BCUT2D eigenvalue weighted by Crippen LogP contribution is -2.32. The molecule has 1 saturated carbocycles. The Morgan fingerprint density at radius 1 is 0.519 bits per heavy atom. The van der Waals surface area contributed by atoms with E-state index in [0.29, 0.717) is 12.0 Å².